The van der Waals surface area contributed by atoms with Crippen LogP contribution in [0.25, 0.3) is 0 Å². The van der Waals surface area contributed by atoms with Crippen LogP contribution in [0.3, 0.4) is 0 Å². The van der Waals surface area contributed by atoms with Gasteiger partial charge in [0.2, 0.25) is 10.0 Å². The molecule has 1 unspecified atom stereocenters. The molecule has 0 saturated heterocycles. The summed E-state index contributed by atoms with van der Waals surface area (Å²) in [6.07, 6.45) is 2.73. The summed E-state index contributed by atoms with van der Waals surface area (Å²) < 4.78 is 39.6. The van der Waals surface area contributed by atoms with Gasteiger partial charge >= 0.3 is 0 Å². The molecule has 0 aromatic heterocycles. The van der Waals surface area contributed by atoms with E-state index in [0.29, 0.717) is 11.8 Å². The Kier molecular flexibility index (Phi) is 6.10. The number of hydrogen-bond donors (Lipinski definition) is 1. The molecule has 0 fully saturated rings. The van der Waals surface area contributed by atoms with Crippen molar-refractivity contribution < 1.29 is 12.8 Å². The maximum atomic E-state index is 12.9. The zero-order valence-corrected chi connectivity index (χ0v) is 13.3. The van der Waals surface area contributed by atoms with Crippen LogP contribution in [0.5, 0.6) is 0 Å². The molecule has 1 aromatic carbocycles. The summed E-state index contributed by atoms with van der Waals surface area (Å²) in [6, 6.07) is 3.52. The summed E-state index contributed by atoms with van der Waals surface area (Å²) >= 11 is 4.74. The van der Waals surface area contributed by atoms with E-state index in [1.807, 2.05) is 13.2 Å². The van der Waals surface area contributed by atoms with Crippen molar-refractivity contribution in [2.45, 2.75) is 23.5 Å². The van der Waals surface area contributed by atoms with Crippen LogP contribution in [-0.2, 0) is 10.0 Å². The monoisotopic (exact) mass is 355 g/mol. The van der Waals surface area contributed by atoms with Gasteiger partial charge in [-0.05, 0) is 46.8 Å². The van der Waals surface area contributed by atoms with Crippen LogP contribution in [0.15, 0.2) is 27.6 Å². The molecule has 1 atom stereocenters. The molecular weight excluding hydrogens is 341 g/mol. The SMILES string of the molecule is CSC(C)CCNS(=O)(=O)c1ccc(F)cc1Br. The van der Waals surface area contributed by atoms with E-state index >= 15 is 0 Å². The average molecular weight is 356 g/mol. The molecule has 0 amide bonds. The van der Waals surface area contributed by atoms with E-state index < -0.39 is 15.8 Å². The number of sulfonamides is 1. The Bertz CT molecular complexity index is 508. The minimum absolute atomic E-state index is 0.0562. The number of benzene rings is 1. The highest BCUT2D eigenvalue weighted by Crippen LogP contribution is 2.22. The molecule has 0 bridgehead atoms. The normalized spacial score (nSPS) is 13.6. The Morgan fingerprint density at radius 2 is 2.17 bits per heavy atom. The number of rotatable bonds is 6. The molecule has 0 radical (unpaired) electrons. The van der Waals surface area contributed by atoms with Gasteiger partial charge in [0.05, 0.1) is 4.90 Å². The Labute approximate surface area is 120 Å². The first kappa shape index (κ1) is 15.9. The van der Waals surface area contributed by atoms with E-state index in [2.05, 4.69) is 20.7 Å². The lowest BCUT2D eigenvalue weighted by Crippen LogP contribution is -2.26. The molecule has 102 valence electrons. The fourth-order valence-electron chi connectivity index (χ4n) is 1.29. The van der Waals surface area contributed by atoms with Crippen molar-refractivity contribution in [1.82, 2.24) is 4.72 Å². The lowest BCUT2D eigenvalue weighted by molar-refractivity contribution is 0.577. The van der Waals surface area contributed by atoms with E-state index in [4.69, 9.17) is 0 Å². The van der Waals surface area contributed by atoms with Crippen LogP contribution in [0.2, 0.25) is 0 Å². The zero-order chi connectivity index (χ0) is 13.8. The van der Waals surface area contributed by atoms with Crippen molar-refractivity contribution >= 4 is 37.7 Å². The lowest BCUT2D eigenvalue weighted by Gasteiger charge is -2.11. The smallest absolute Gasteiger partial charge is 0.211 e. The predicted molar refractivity (Wildman–Crippen MR) is 76.9 cm³/mol. The lowest BCUT2D eigenvalue weighted by atomic mass is 10.3. The van der Waals surface area contributed by atoms with Crippen molar-refractivity contribution in [3.8, 4) is 0 Å². The van der Waals surface area contributed by atoms with Gasteiger partial charge in [0.25, 0.3) is 0 Å². The van der Waals surface area contributed by atoms with E-state index in [1.54, 1.807) is 11.8 Å². The summed E-state index contributed by atoms with van der Waals surface area (Å²) in [6.45, 7) is 2.40. The highest BCUT2D eigenvalue weighted by atomic mass is 79.9. The quantitative estimate of drug-likeness (QED) is 0.852. The standard InChI is InChI=1S/C11H15BrFNO2S2/c1-8(17-2)5-6-14-18(15,16)11-4-3-9(13)7-10(11)12/h3-4,7-8,14H,5-6H2,1-2H3. The van der Waals surface area contributed by atoms with Crippen LogP contribution in [0.1, 0.15) is 13.3 Å². The van der Waals surface area contributed by atoms with Gasteiger partial charge in [-0.15, -0.1) is 0 Å². The van der Waals surface area contributed by atoms with Crippen LogP contribution in [0, 0.1) is 5.82 Å². The molecular formula is C11H15BrFNO2S2. The second-order valence-corrected chi connectivity index (χ2v) is 7.67. The van der Waals surface area contributed by atoms with Gasteiger partial charge in [0.15, 0.2) is 0 Å². The number of thioether (sulfide) groups is 1. The van der Waals surface area contributed by atoms with Gasteiger partial charge in [0, 0.05) is 16.3 Å². The minimum Gasteiger partial charge on any atom is -0.211 e. The summed E-state index contributed by atoms with van der Waals surface area (Å²) in [5.41, 5.74) is 0. The predicted octanol–water partition coefficient (Wildman–Crippen LogP) is 3.01. The van der Waals surface area contributed by atoms with Crippen molar-refractivity contribution in [2.75, 3.05) is 12.8 Å². The molecule has 0 aliphatic heterocycles. The fourth-order valence-corrected chi connectivity index (χ4v) is 3.73. The van der Waals surface area contributed by atoms with Gasteiger partial charge in [-0.2, -0.15) is 11.8 Å². The molecule has 1 rings (SSSR count). The van der Waals surface area contributed by atoms with Gasteiger partial charge < -0.3 is 0 Å². The van der Waals surface area contributed by atoms with Crippen LogP contribution in [-0.4, -0.2) is 26.5 Å². The first-order valence-electron chi connectivity index (χ1n) is 5.34. The van der Waals surface area contributed by atoms with Crippen molar-refractivity contribution in [3.63, 3.8) is 0 Å². The second kappa shape index (κ2) is 6.88. The van der Waals surface area contributed by atoms with Crippen molar-refractivity contribution in [3.05, 3.63) is 28.5 Å². The second-order valence-electron chi connectivity index (χ2n) is 3.81. The maximum Gasteiger partial charge on any atom is 0.241 e. The molecule has 18 heavy (non-hydrogen) atoms. The summed E-state index contributed by atoms with van der Waals surface area (Å²) in [5.74, 6) is -0.475. The summed E-state index contributed by atoms with van der Waals surface area (Å²) in [7, 11) is -3.58. The third kappa shape index (κ3) is 4.53. The Balaban J connectivity index is 2.74. The molecule has 3 nitrogen and oxygen atoms in total. The Morgan fingerprint density at radius 3 is 2.72 bits per heavy atom. The number of nitrogens with one attached hydrogen (secondary N) is 1. The molecule has 0 spiro atoms. The van der Waals surface area contributed by atoms with Crippen LogP contribution >= 0.6 is 27.7 Å². The molecule has 0 aliphatic rings. The average Bonchev–Trinajstić information content (AvgIpc) is 2.27. The maximum absolute atomic E-state index is 12.9. The van der Waals surface area contributed by atoms with Gasteiger partial charge in [-0.1, -0.05) is 6.92 Å². The topological polar surface area (TPSA) is 46.2 Å². The van der Waals surface area contributed by atoms with Crippen molar-refractivity contribution in [2.24, 2.45) is 0 Å². The Morgan fingerprint density at radius 1 is 1.50 bits per heavy atom. The Hall–Kier alpha value is -0.110. The van der Waals surface area contributed by atoms with E-state index in [0.717, 1.165) is 18.6 Å². The number of halogens is 2. The molecule has 0 heterocycles. The van der Waals surface area contributed by atoms with E-state index in [-0.39, 0.29) is 9.37 Å². The molecule has 7 heteroatoms. The fraction of sp³-hybridized carbons (Fsp3) is 0.455. The zero-order valence-electron chi connectivity index (χ0n) is 10.1. The summed E-state index contributed by atoms with van der Waals surface area (Å²) in [4.78, 5) is 0.0562. The highest BCUT2D eigenvalue weighted by Gasteiger charge is 2.17. The third-order valence-electron chi connectivity index (χ3n) is 2.43. The van der Waals surface area contributed by atoms with Gasteiger partial charge in [-0.3, -0.25) is 0 Å². The first-order valence-corrected chi connectivity index (χ1v) is 8.90. The van der Waals surface area contributed by atoms with Crippen molar-refractivity contribution in [1.29, 1.82) is 0 Å². The number of hydrogen-bond acceptors (Lipinski definition) is 3. The third-order valence-corrected chi connectivity index (χ3v) is 5.91. The van der Waals surface area contributed by atoms with Gasteiger partial charge in [-0.25, -0.2) is 17.5 Å². The van der Waals surface area contributed by atoms with Gasteiger partial charge in [0.1, 0.15) is 5.82 Å². The minimum atomic E-state index is -3.58. The molecule has 1 aromatic rings. The van der Waals surface area contributed by atoms with E-state index in [9.17, 15) is 12.8 Å². The molecule has 1 N–H and O–H groups in total. The molecule has 0 saturated carbocycles. The molecule has 0 aliphatic carbocycles. The first-order chi connectivity index (χ1) is 8.36. The van der Waals surface area contributed by atoms with E-state index in [1.165, 1.54) is 6.07 Å². The van der Waals surface area contributed by atoms with Crippen LogP contribution in [0.4, 0.5) is 4.39 Å². The largest absolute Gasteiger partial charge is 0.241 e. The summed E-state index contributed by atoms with van der Waals surface area (Å²) in [5, 5.41) is 0.393. The van der Waals surface area contributed by atoms with Crippen LogP contribution < -0.4 is 4.72 Å². The highest BCUT2D eigenvalue weighted by molar-refractivity contribution is 9.10.